The lowest BCUT2D eigenvalue weighted by Gasteiger charge is -2.28. The van der Waals surface area contributed by atoms with Gasteiger partial charge < -0.3 is 14.5 Å². The molecule has 1 N–H and O–H groups in total. The first-order valence-corrected chi connectivity index (χ1v) is 11.7. The van der Waals surface area contributed by atoms with E-state index in [1.165, 1.54) is 30.4 Å². The van der Waals surface area contributed by atoms with E-state index >= 15 is 0 Å². The molecule has 0 saturated carbocycles. The fourth-order valence-electron chi connectivity index (χ4n) is 3.15. The third kappa shape index (κ3) is 18.4. The highest BCUT2D eigenvalue weighted by molar-refractivity contribution is 5.75. The molecule has 0 fully saturated rings. The molecule has 0 aromatic carbocycles. The van der Waals surface area contributed by atoms with Gasteiger partial charge in [-0.15, -0.1) is 0 Å². The van der Waals surface area contributed by atoms with E-state index < -0.39 is 0 Å². The van der Waals surface area contributed by atoms with Gasteiger partial charge in [-0.25, -0.2) is 4.79 Å². The number of unbranched alkanes of at least 4 members (excludes halogenated alkanes) is 4. The van der Waals surface area contributed by atoms with E-state index in [1.807, 2.05) is 20.2 Å². The van der Waals surface area contributed by atoms with Crippen molar-refractivity contribution < 1.29 is 18.8 Å². The van der Waals surface area contributed by atoms with Gasteiger partial charge in [0.2, 0.25) is 5.91 Å². The molecule has 0 aliphatic carbocycles. The summed E-state index contributed by atoms with van der Waals surface area (Å²) in [5, 5.41) is 2.99. The van der Waals surface area contributed by atoms with Crippen LogP contribution < -0.4 is 5.32 Å². The van der Waals surface area contributed by atoms with Crippen LogP contribution in [-0.4, -0.2) is 56.7 Å². The smallest absolute Gasteiger partial charge is 0.362 e. The maximum Gasteiger partial charge on any atom is 0.362 e. The number of carbonyl (C=O) groups excluding carboxylic acids is 2. The van der Waals surface area contributed by atoms with E-state index in [1.54, 1.807) is 0 Å². The average molecular weight is 424 g/mol. The highest BCUT2D eigenvalue weighted by atomic mass is 16.5. The number of likely N-dealkylation sites (N-methyl/N-ethyl adjacent to an activating group) is 1. The molecule has 0 saturated heterocycles. The van der Waals surface area contributed by atoms with Crippen molar-refractivity contribution in [1.82, 2.24) is 5.32 Å². The highest BCUT2D eigenvalue weighted by Crippen LogP contribution is 2.07. The minimum Gasteiger partial charge on any atom is -0.457 e. The molecule has 174 valence electrons. The predicted molar refractivity (Wildman–Crippen MR) is 126 cm³/mol. The third-order valence-corrected chi connectivity index (χ3v) is 5.09. The summed E-state index contributed by atoms with van der Waals surface area (Å²) >= 11 is 0. The number of allylic oxidation sites excluding steroid dienone is 3. The van der Waals surface area contributed by atoms with Crippen LogP contribution in [0, 0.1) is 0 Å². The van der Waals surface area contributed by atoms with Crippen molar-refractivity contribution in [2.24, 2.45) is 0 Å². The molecule has 0 atom stereocenters. The van der Waals surface area contributed by atoms with E-state index in [9.17, 15) is 9.59 Å². The second-order valence-corrected chi connectivity index (χ2v) is 9.24. The normalized spacial score (nSPS) is 11.9. The van der Waals surface area contributed by atoms with Crippen molar-refractivity contribution in [2.45, 2.75) is 85.5 Å². The van der Waals surface area contributed by atoms with Gasteiger partial charge in [0.1, 0.15) is 6.61 Å². The molecule has 5 heteroatoms. The summed E-state index contributed by atoms with van der Waals surface area (Å²) < 4.78 is 5.94. The SMILES string of the molecule is CCCCCCCC(=O)NCCC[N+](C)(C)CC(=O)OCC=C(C)CCC=C(C)C. The number of rotatable bonds is 17. The topological polar surface area (TPSA) is 55.4 Å². The molecule has 1 amide bonds. The number of nitrogens with one attached hydrogen (secondary N) is 1. The molecule has 0 aliphatic heterocycles. The lowest BCUT2D eigenvalue weighted by molar-refractivity contribution is -0.883. The van der Waals surface area contributed by atoms with Gasteiger partial charge in [0, 0.05) is 19.4 Å². The van der Waals surface area contributed by atoms with E-state index in [0.29, 0.717) is 30.6 Å². The minimum absolute atomic E-state index is 0.142. The van der Waals surface area contributed by atoms with Gasteiger partial charge in [0.15, 0.2) is 6.54 Å². The Morgan fingerprint density at radius 3 is 2.30 bits per heavy atom. The monoisotopic (exact) mass is 423 g/mol. The van der Waals surface area contributed by atoms with E-state index in [4.69, 9.17) is 4.74 Å². The summed E-state index contributed by atoms with van der Waals surface area (Å²) in [6.07, 6.45) is 13.5. The number of hydrogen-bond donors (Lipinski definition) is 1. The molecule has 0 aliphatic rings. The zero-order valence-corrected chi connectivity index (χ0v) is 20.5. The third-order valence-electron chi connectivity index (χ3n) is 5.09. The Balaban J connectivity index is 3.93. The predicted octanol–water partition coefficient (Wildman–Crippen LogP) is 5.17. The number of hydrogen-bond acceptors (Lipinski definition) is 3. The van der Waals surface area contributed by atoms with Crippen molar-refractivity contribution in [3.63, 3.8) is 0 Å². The number of nitrogens with zero attached hydrogens (tertiary/aromatic N) is 1. The second-order valence-electron chi connectivity index (χ2n) is 9.24. The van der Waals surface area contributed by atoms with Crippen molar-refractivity contribution in [3.05, 3.63) is 23.3 Å². The number of amides is 1. The fourth-order valence-corrected chi connectivity index (χ4v) is 3.15. The maximum atomic E-state index is 12.1. The minimum atomic E-state index is -0.176. The van der Waals surface area contributed by atoms with Crippen LogP contribution in [0.4, 0.5) is 0 Å². The number of quaternary nitrogens is 1. The summed E-state index contributed by atoms with van der Waals surface area (Å²) in [5.74, 6) is -0.0348. The van der Waals surface area contributed by atoms with Crippen LogP contribution in [-0.2, 0) is 14.3 Å². The summed E-state index contributed by atoms with van der Waals surface area (Å²) in [6.45, 7) is 10.6. The molecule has 0 heterocycles. The van der Waals surface area contributed by atoms with Crippen molar-refractivity contribution in [2.75, 3.05) is 40.3 Å². The van der Waals surface area contributed by atoms with Gasteiger partial charge in [-0.1, -0.05) is 49.8 Å². The van der Waals surface area contributed by atoms with Crippen molar-refractivity contribution in [1.29, 1.82) is 0 Å². The van der Waals surface area contributed by atoms with Crippen LogP contribution in [0.5, 0.6) is 0 Å². The Bertz CT molecular complexity index is 547. The Labute approximate surface area is 185 Å². The zero-order valence-electron chi connectivity index (χ0n) is 20.5. The molecule has 0 rings (SSSR count). The summed E-state index contributed by atoms with van der Waals surface area (Å²) in [5.41, 5.74) is 2.58. The standard InChI is InChI=1S/C25H46N2O3/c1-7-8-9-10-11-16-24(28)26-18-13-19-27(5,6)21-25(29)30-20-17-23(4)15-12-14-22(2)3/h14,17H,7-13,15-16,18-21H2,1-6H3/p+1. The van der Waals surface area contributed by atoms with E-state index in [0.717, 1.165) is 38.6 Å². The Morgan fingerprint density at radius 2 is 1.63 bits per heavy atom. The van der Waals surface area contributed by atoms with Gasteiger partial charge in [0.05, 0.1) is 20.6 Å². The average Bonchev–Trinajstić information content (AvgIpc) is 2.64. The van der Waals surface area contributed by atoms with E-state index in [2.05, 4.69) is 39.1 Å². The van der Waals surface area contributed by atoms with Gasteiger partial charge in [0.25, 0.3) is 0 Å². The summed E-state index contributed by atoms with van der Waals surface area (Å²) in [7, 11) is 4.05. The molecular weight excluding hydrogens is 376 g/mol. The molecule has 0 spiro atoms. The quantitative estimate of drug-likeness (QED) is 0.152. The highest BCUT2D eigenvalue weighted by Gasteiger charge is 2.20. The summed E-state index contributed by atoms with van der Waals surface area (Å²) in [6, 6.07) is 0. The number of esters is 1. The first kappa shape index (κ1) is 28.4. The molecule has 0 unspecified atom stereocenters. The van der Waals surface area contributed by atoms with Crippen LogP contribution in [0.2, 0.25) is 0 Å². The van der Waals surface area contributed by atoms with E-state index in [-0.39, 0.29) is 11.9 Å². The molecule has 0 aromatic heterocycles. The first-order valence-electron chi connectivity index (χ1n) is 11.7. The van der Waals surface area contributed by atoms with Gasteiger partial charge in [-0.3, -0.25) is 4.79 Å². The summed E-state index contributed by atoms with van der Waals surface area (Å²) in [4.78, 5) is 24.0. The molecular formula is C25H47N2O3+. The van der Waals surface area contributed by atoms with Crippen LogP contribution in [0.15, 0.2) is 23.3 Å². The van der Waals surface area contributed by atoms with Crippen LogP contribution >= 0.6 is 0 Å². The largest absolute Gasteiger partial charge is 0.457 e. The Hall–Kier alpha value is -1.62. The van der Waals surface area contributed by atoms with Crippen molar-refractivity contribution in [3.8, 4) is 0 Å². The van der Waals surface area contributed by atoms with Gasteiger partial charge >= 0.3 is 5.97 Å². The fraction of sp³-hybridized carbons (Fsp3) is 0.760. The molecule has 5 nitrogen and oxygen atoms in total. The van der Waals surface area contributed by atoms with Gasteiger partial charge in [-0.05, 0) is 46.1 Å². The van der Waals surface area contributed by atoms with Crippen LogP contribution in [0.25, 0.3) is 0 Å². The number of ether oxygens (including phenoxy) is 1. The van der Waals surface area contributed by atoms with Crippen LogP contribution in [0.3, 0.4) is 0 Å². The van der Waals surface area contributed by atoms with Crippen molar-refractivity contribution >= 4 is 11.9 Å². The Kier molecular flexibility index (Phi) is 16.2. The molecule has 30 heavy (non-hydrogen) atoms. The molecule has 0 aromatic rings. The van der Waals surface area contributed by atoms with Gasteiger partial charge in [-0.2, -0.15) is 0 Å². The molecule has 0 bridgehead atoms. The zero-order chi connectivity index (χ0) is 22.8. The lowest BCUT2D eigenvalue weighted by Crippen LogP contribution is -2.46. The lowest BCUT2D eigenvalue weighted by atomic mass is 10.1. The number of carbonyl (C=O) groups is 2. The second kappa shape index (κ2) is 17.1. The maximum absolute atomic E-state index is 12.1. The van der Waals surface area contributed by atoms with Crippen LogP contribution in [0.1, 0.15) is 85.5 Å². The Morgan fingerprint density at radius 1 is 0.933 bits per heavy atom. The molecule has 0 radical (unpaired) electrons. The first-order chi connectivity index (χ1) is 14.2.